The summed E-state index contributed by atoms with van der Waals surface area (Å²) < 4.78 is 60.4. The van der Waals surface area contributed by atoms with Crippen molar-refractivity contribution in [1.29, 1.82) is 0 Å². The van der Waals surface area contributed by atoms with E-state index in [-0.39, 0.29) is 40.9 Å². The molecule has 4 saturated carbocycles. The number of rotatable bonds is 2. The average molecular weight is 1190 g/mol. The van der Waals surface area contributed by atoms with Crippen LogP contribution in [0, 0.1) is 50.7 Å². The van der Waals surface area contributed by atoms with Gasteiger partial charge in [0.1, 0.15) is 67.1 Å². The predicted octanol–water partition coefficient (Wildman–Crippen LogP) is -1.14. The van der Waals surface area contributed by atoms with E-state index in [4.69, 9.17) is 47.4 Å². The zero-order valence-corrected chi connectivity index (χ0v) is 48.6. The van der Waals surface area contributed by atoms with Crippen LogP contribution in [0.2, 0.25) is 0 Å². The monoisotopic (exact) mass is 1190 g/mol. The van der Waals surface area contributed by atoms with Crippen molar-refractivity contribution in [3.63, 3.8) is 0 Å². The Morgan fingerprint density at radius 1 is 0.530 bits per heavy atom. The van der Waals surface area contributed by atoms with Crippen molar-refractivity contribution in [3.05, 3.63) is 11.6 Å². The van der Waals surface area contributed by atoms with Gasteiger partial charge in [0.15, 0.2) is 37.2 Å². The van der Waals surface area contributed by atoms with Gasteiger partial charge in [0.05, 0.1) is 62.0 Å². The van der Waals surface area contributed by atoms with Crippen LogP contribution in [0.3, 0.4) is 0 Å². The van der Waals surface area contributed by atoms with E-state index in [1.165, 1.54) is 12.5 Å². The van der Waals surface area contributed by atoms with Crippen LogP contribution in [0.5, 0.6) is 0 Å². The van der Waals surface area contributed by atoms with E-state index in [9.17, 15) is 70.9 Å². The van der Waals surface area contributed by atoms with Crippen molar-refractivity contribution in [1.82, 2.24) is 0 Å². The number of ether oxygens (including phenoxy) is 10. The van der Waals surface area contributed by atoms with Crippen molar-refractivity contribution in [2.45, 2.75) is 261 Å². The molecule has 25 heteroatoms. The Bertz CT molecular complexity index is 2400. The number of allylic oxidation sites excluding steroid dienone is 2. The number of carbonyl (C=O) groups excluding carboxylic acids is 3. The molecule has 1 spiro atoms. The van der Waals surface area contributed by atoms with E-state index in [1.54, 1.807) is 0 Å². The molecular weight excluding hydrogens is 1100 g/mol. The van der Waals surface area contributed by atoms with Gasteiger partial charge in [-0.05, 0) is 117 Å². The molecule has 10 saturated heterocycles. The molecular formula is C58H90O25. The van der Waals surface area contributed by atoms with Crippen LogP contribution < -0.4 is 0 Å². The molecule has 14 fully saturated rings. The Labute approximate surface area is 482 Å². The highest BCUT2D eigenvalue weighted by Crippen LogP contribution is 2.72. The minimum absolute atomic E-state index is 0.0376. The second-order valence-corrected chi connectivity index (χ2v) is 28.1. The van der Waals surface area contributed by atoms with E-state index < -0.39 is 201 Å². The minimum Gasteiger partial charge on any atom is -0.457 e. The molecule has 0 radical (unpaired) electrons. The van der Waals surface area contributed by atoms with Crippen LogP contribution >= 0.6 is 0 Å². The molecule has 10 bridgehead atoms. The number of aliphatic hydroxyl groups is 12. The lowest BCUT2D eigenvalue weighted by molar-refractivity contribution is -0.382. The van der Waals surface area contributed by atoms with Gasteiger partial charge in [-0.2, -0.15) is 0 Å². The topological polar surface area (TPSA) is 386 Å². The molecule has 17 rings (SSSR count). The van der Waals surface area contributed by atoms with Crippen molar-refractivity contribution in [2.75, 3.05) is 19.8 Å². The maximum Gasteiger partial charge on any atom is 0.315 e. The van der Waals surface area contributed by atoms with E-state index in [1.807, 2.05) is 13.8 Å². The van der Waals surface area contributed by atoms with Crippen LogP contribution in [0.25, 0.3) is 0 Å². The first-order chi connectivity index (χ1) is 38.8. The Kier molecular flexibility index (Phi) is 17.6. The van der Waals surface area contributed by atoms with Gasteiger partial charge in [-0.25, -0.2) is 0 Å². The predicted molar refractivity (Wildman–Crippen MR) is 280 cm³/mol. The van der Waals surface area contributed by atoms with E-state index >= 15 is 4.79 Å². The molecule has 83 heavy (non-hydrogen) atoms. The van der Waals surface area contributed by atoms with Gasteiger partial charge in [0.2, 0.25) is 6.29 Å². The minimum atomic E-state index is -2.30. The zero-order valence-electron chi connectivity index (χ0n) is 48.6. The van der Waals surface area contributed by atoms with Crippen molar-refractivity contribution in [3.8, 4) is 0 Å². The molecule has 29 atom stereocenters. The fourth-order valence-electron chi connectivity index (χ4n) is 17.3. The molecule has 472 valence electrons. The smallest absolute Gasteiger partial charge is 0.315 e. The maximum atomic E-state index is 15.3. The quantitative estimate of drug-likeness (QED) is 0.0673. The second-order valence-electron chi connectivity index (χ2n) is 28.1. The summed E-state index contributed by atoms with van der Waals surface area (Å²) in [7, 11) is 0. The molecule has 17 aliphatic rings. The van der Waals surface area contributed by atoms with Crippen LogP contribution in [0.1, 0.15) is 126 Å². The fraction of sp³-hybridized carbons (Fsp3) is 0.914. The Morgan fingerprint density at radius 2 is 1.11 bits per heavy atom. The number of hydrogen-bond acceptors (Lipinski definition) is 25. The van der Waals surface area contributed by atoms with Crippen LogP contribution in [-0.2, 0) is 61.8 Å². The molecule has 2 unspecified atom stereocenters. The molecule has 0 aromatic carbocycles. The Hall–Kier alpha value is -2.61. The summed E-state index contributed by atoms with van der Waals surface area (Å²) in [6, 6.07) is 0. The molecule has 25 nitrogen and oxygen atoms in total. The SMILES string of the molecule is C[C@@H]1O[C@H]2OC3[C@@H](OC[C@H](O)[C@@H]3O)OC(=O)[C@@]34CC[C@@H]5C(=CC[C@H]6[C@@]5(C)CC[C@H]5C(C)(C)[C@@H](O[C@@H]7O[C@H](CO)[C@@H](O)[C@H](O)[C@H]7O[C@@H]7O[C@H](CO)[C@@H](O)[C@H](O)[C@H]7OC(=O)CC(C)(O)CC(=O)O[C@@H]1[C@@H](O)[C@H]2O)[C@@H](O)C[C@]65C)[C@@H]3CC(C)(C)CC4. The summed E-state index contributed by atoms with van der Waals surface area (Å²) in [5, 5.41) is 135. The number of hydrogen-bond donors (Lipinski definition) is 12. The first kappa shape index (κ1) is 63.4. The molecule has 5 aliphatic carbocycles. The summed E-state index contributed by atoms with van der Waals surface area (Å²) in [5.74, 6) is -3.34. The van der Waals surface area contributed by atoms with Gasteiger partial charge < -0.3 is 109 Å². The highest BCUT2D eigenvalue weighted by molar-refractivity contribution is 5.79. The lowest BCUT2D eigenvalue weighted by Crippen LogP contribution is -2.68. The molecule has 12 aliphatic heterocycles. The third-order valence-electron chi connectivity index (χ3n) is 21.7. The number of esters is 3. The van der Waals surface area contributed by atoms with E-state index in [0.717, 1.165) is 13.3 Å². The van der Waals surface area contributed by atoms with Crippen molar-refractivity contribution >= 4 is 17.9 Å². The molecule has 0 aromatic rings. The van der Waals surface area contributed by atoms with Crippen LogP contribution in [0.4, 0.5) is 0 Å². The lowest BCUT2D eigenvalue weighted by atomic mass is 9.36. The maximum absolute atomic E-state index is 15.3. The highest BCUT2D eigenvalue weighted by atomic mass is 16.8. The van der Waals surface area contributed by atoms with Gasteiger partial charge in [0, 0.05) is 0 Å². The van der Waals surface area contributed by atoms with E-state index in [0.29, 0.717) is 44.9 Å². The summed E-state index contributed by atoms with van der Waals surface area (Å²) in [4.78, 5) is 42.6. The van der Waals surface area contributed by atoms with Crippen molar-refractivity contribution < 1.29 is 123 Å². The van der Waals surface area contributed by atoms with Crippen LogP contribution in [-0.4, -0.2) is 234 Å². The number of aliphatic hydroxyl groups excluding tert-OH is 11. The largest absolute Gasteiger partial charge is 0.457 e. The molecule has 12 N–H and O–H groups in total. The molecule has 0 amide bonds. The van der Waals surface area contributed by atoms with Gasteiger partial charge in [-0.3, -0.25) is 14.4 Å². The Morgan fingerprint density at radius 3 is 1.75 bits per heavy atom. The normalized spacial score (nSPS) is 53.2. The third kappa shape index (κ3) is 11.2. The summed E-state index contributed by atoms with van der Waals surface area (Å²) in [6.07, 6.45) is -29.9. The molecule has 12 heterocycles. The second kappa shape index (κ2) is 23.1. The third-order valence-corrected chi connectivity index (χ3v) is 21.7. The summed E-state index contributed by atoms with van der Waals surface area (Å²) >= 11 is 0. The first-order valence-electron chi connectivity index (χ1n) is 29.7. The summed E-state index contributed by atoms with van der Waals surface area (Å²) in [6.45, 7) is 13.2. The highest BCUT2D eigenvalue weighted by Gasteiger charge is 2.69. The fourth-order valence-corrected chi connectivity index (χ4v) is 17.3. The molecule has 0 aromatic heterocycles. The number of carbonyl (C=O) groups is 3. The van der Waals surface area contributed by atoms with Gasteiger partial charge in [-0.1, -0.05) is 53.2 Å². The van der Waals surface area contributed by atoms with Gasteiger partial charge >= 0.3 is 17.9 Å². The zero-order chi connectivity index (χ0) is 60.4. The van der Waals surface area contributed by atoms with Crippen molar-refractivity contribution in [2.24, 2.45) is 50.7 Å². The average Bonchev–Trinajstić information content (AvgIpc) is 0.823. The van der Waals surface area contributed by atoms with E-state index in [2.05, 4.69) is 33.8 Å². The lowest BCUT2D eigenvalue weighted by Gasteiger charge is -2.69. The first-order valence-corrected chi connectivity index (χ1v) is 29.7. The Balaban J connectivity index is 1.01. The summed E-state index contributed by atoms with van der Waals surface area (Å²) in [5.41, 5.74) is -3.95. The van der Waals surface area contributed by atoms with Gasteiger partial charge in [0.25, 0.3) is 0 Å². The van der Waals surface area contributed by atoms with Crippen LogP contribution in [0.15, 0.2) is 11.6 Å². The van der Waals surface area contributed by atoms with Gasteiger partial charge in [-0.15, -0.1) is 0 Å². The standard InChI is InChI=1S/C58H90O25/c1-24-43-41(70)42(71)48(75-24)80-44-36(65)29(62)23-74-49(44)83-52(72)58-14-11-26-25(27(58)17-53(2,3)15-16-58)9-10-33-56(26,7)13-12-32-54(4,5)47(28(61)18-57(32,33)8)82-51-46(40(69)38(67)31(22-60)77-51)81-50-45(39(68)37(66)30(21-59)76-50)79-35(64)20-55(6,73)19-34(63)78-43/h9,24,26-33,36-51,59-62,65-71,73H,10-23H2,1-8H3/t24-,26+,27-,28-,29-,30+,31+,32-,33-,36-,37+,38+,39-,40-,41-,42+,43-,44?,45+,46+,47-,48-,49-,50-,51-,55?,56-,57-,58+/m0/s1.